The van der Waals surface area contributed by atoms with Crippen molar-refractivity contribution >= 4 is 66.1 Å². The Labute approximate surface area is 431 Å². The SMILES string of the molecule is FC(F)(F)c1cc([B-](c2cc(C(F)(F)F)cc(C(F)(F)F)c2)(c2cc(C(F)(F)F)cc(C(F)(F)F)c2)c2cc(C(F)(F)F)cc(C(F)(F)F)c2)cc(C(F)(F)F)c1.O=C(C[n+]1csc2ccccc21)c1cccc2ccccc12. The van der Waals surface area contributed by atoms with Gasteiger partial charge in [-0.2, -0.15) is 132 Å². The second-order valence-electron chi connectivity index (χ2n) is 17.5. The highest BCUT2D eigenvalue weighted by atomic mass is 32.1. The minimum absolute atomic E-state index is 0.144. The molecule has 0 saturated carbocycles. The van der Waals surface area contributed by atoms with E-state index in [0.717, 1.165) is 21.9 Å². The molecule has 2 nitrogen and oxygen atoms in total. The third-order valence-electron chi connectivity index (χ3n) is 12.3. The minimum atomic E-state index is -6.13. The van der Waals surface area contributed by atoms with E-state index in [1.165, 1.54) is 4.70 Å². The molecule has 79 heavy (non-hydrogen) atoms. The van der Waals surface area contributed by atoms with Gasteiger partial charge in [-0.25, -0.2) is 0 Å². The number of ketones is 1. The van der Waals surface area contributed by atoms with Crippen LogP contribution in [0, 0.1) is 0 Å². The van der Waals surface area contributed by atoms with Crippen LogP contribution in [0.25, 0.3) is 21.0 Å². The van der Waals surface area contributed by atoms with Crippen molar-refractivity contribution in [1.29, 1.82) is 0 Å². The van der Waals surface area contributed by atoms with Gasteiger partial charge in [-0.05, 0) is 41.1 Å². The number of thiazole rings is 1. The van der Waals surface area contributed by atoms with Crippen LogP contribution in [-0.4, -0.2) is 11.9 Å². The predicted octanol–water partition coefficient (Wildman–Crippen LogP) is 15.4. The van der Waals surface area contributed by atoms with E-state index in [1.54, 1.807) is 11.3 Å². The van der Waals surface area contributed by atoms with Gasteiger partial charge in [0.15, 0.2) is 0 Å². The summed E-state index contributed by atoms with van der Waals surface area (Å²) in [5, 5.41) is 2.13. The second-order valence-corrected chi connectivity index (χ2v) is 18.4. The van der Waals surface area contributed by atoms with Gasteiger partial charge in [0.2, 0.25) is 23.4 Å². The molecule has 0 N–H and O–H groups in total. The molecule has 1 aromatic heterocycles. The highest BCUT2D eigenvalue weighted by molar-refractivity contribution is 7.20. The van der Waals surface area contributed by atoms with Gasteiger partial charge in [0.25, 0.3) is 0 Å². The number of Topliss-reactive ketones (excluding diaryl/α,β-unsaturated/α-hetero) is 1. The molecule has 0 bridgehead atoms. The van der Waals surface area contributed by atoms with E-state index >= 15 is 0 Å². The highest BCUT2D eigenvalue weighted by Gasteiger charge is 2.47. The molecule has 28 heteroatoms. The Morgan fingerprint density at radius 3 is 0.987 bits per heavy atom. The lowest BCUT2D eigenvalue weighted by Gasteiger charge is -2.46. The zero-order valence-electron chi connectivity index (χ0n) is 38.5. The van der Waals surface area contributed by atoms with Gasteiger partial charge < -0.3 is 0 Å². The fraction of sp³-hybridized carbons (Fsp3) is 0.176. The molecule has 1 heterocycles. The first-order valence-electron chi connectivity index (χ1n) is 21.8. The van der Waals surface area contributed by atoms with Gasteiger partial charge in [-0.15, -0.1) is 0 Å². The molecule has 0 aliphatic heterocycles. The molecule has 8 aromatic rings. The molecule has 0 aliphatic carbocycles. The van der Waals surface area contributed by atoms with Crippen molar-refractivity contribution in [2.75, 3.05) is 0 Å². The Morgan fingerprint density at radius 2 is 0.658 bits per heavy atom. The van der Waals surface area contributed by atoms with Crippen LogP contribution < -0.4 is 26.4 Å². The number of rotatable bonds is 7. The van der Waals surface area contributed by atoms with Crippen molar-refractivity contribution in [3.8, 4) is 0 Å². The van der Waals surface area contributed by atoms with Gasteiger partial charge in [0, 0.05) is 11.6 Å². The number of halogens is 24. The van der Waals surface area contributed by atoms with Crippen LogP contribution in [0.2, 0.25) is 0 Å². The number of carbonyl (C=O) groups excluding carboxylic acids is 1. The number of fused-ring (bicyclic) bond motifs is 2. The van der Waals surface area contributed by atoms with Crippen LogP contribution in [0.1, 0.15) is 54.9 Å². The van der Waals surface area contributed by atoms with Crippen LogP contribution in [0.4, 0.5) is 105 Å². The summed E-state index contributed by atoms with van der Waals surface area (Å²) >= 11 is 1.67. The Hall–Kier alpha value is -7.26. The van der Waals surface area contributed by atoms with Crippen molar-refractivity contribution in [1.82, 2.24) is 0 Å². The number of alkyl halides is 24. The van der Waals surface area contributed by atoms with Crippen LogP contribution in [0.3, 0.4) is 0 Å². The first-order chi connectivity index (χ1) is 36.1. The normalized spacial score (nSPS) is 13.4. The number of benzene rings is 7. The maximum Gasteiger partial charge on any atom is 0.416 e. The van der Waals surface area contributed by atoms with E-state index in [1.807, 2.05) is 64.7 Å². The van der Waals surface area contributed by atoms with Gasteiger partial charge in [0.05, 0.1) is 44.5 Å². The molecule has 0 amide bonds. The standard InChI is InChI=1S/C32H12BF24.C19H14NOS/c34-25(35,36)13-1-14(26(37,38)39)6-21(5-13)33(22-7-15(27(40,41)42)2-16(8-22)28(43,44)45,23-9-17(29(46,47)48)3-18(10-23)30(49,50)51)24-11-19(31(52,53)54)4-20(12-24)32(55,56)57;21-18(12-20-13-22-19-11-4-3-10-17(19)20)16-9-5-7-14-6-1-2-8-15(14)16/h1-12H;1-11,13H,12H2/q-1;+1. The van der Waals surface area contributed by atoms with E-state index in [4.69, 9.17) is 0 Å². The monoisotopic (exact) mass is 1170 g/mol. The summed E-state index contributed by atoms with van der Waals surface area (Å²) < 4.78 is 344. The zero-order valence-corrected chi connectivity index (χ0v) is 39.3. The topological polar surface area (TPSA) is 20.9 Å². The molecule has 0 saturated heterocycles. The summed E-state index contributed by atoms with van der Waals surface area (Å²) in [6, 6.07) is 13.3. The molecule has 8 rings (SSSR count). The summed E-state index contributed by atoms with van der Waals surface area (Å²) in [6.07, 6.45) is -54.8. The zero-order chi connectivity index (χ0) is 58.9. The van der Waals surface area contributed by atoms with Crippen molar-refractivity contribution in [2.24, 2.45) is 0 Å². The number of nitrogens with zero attached hydrogens (tertiary/aromatic N) is 1. The van der Waals surface area contributed by atoms with Crippen LogP contribution in [0.5, 0.6) is 0 Å². The van der Waals surface area contributed by atoms with Crippen molar-refractivity contribution in [3.05, 3.63) is 195 Å². The average molecular weight is 1170 g/mol. The maximum absolute atomic E-state index is 14.2. The van der Waals surface area contributed by atoms with Gasteiger partial charge in [0.1, 0.15) is 10.8 Å². The lowest BCUT2D eigenvalue weighted by atomic mass is 9.12. The summed E-state index contributed by atoms with van der Waals surface area (Å²) in [4.78, 5) is 12.8. The molecular weight excluding hydrogens is 1140 g/mol. The van der Waals surface area contributed by atoms with Crippen molar-refractivity contribution < 1.29 is 115 Å². The summed E-state index contributed by atoms with van der Waals surface area (Å²) in [5.74, 6) is 0.144. The largest absolute Gasteiger partial charge is 0.416 e. The lowest BCUT2D eigenvalue weighted by molar-refractivity contribution is -0.652. The molecule has 0 aliphatic rings. The quantitative estimate of drug-likeness (QED) is 0.0674. The van der Waals surface area contributed by atoms with E-state index in [-0.39, 0.29) is 5.78 Å². The Balaban J connectivity index is 0.000000336. The fourth-order valence-electron chi connectivity index (χ4n) is 8.87. The Morgan fingerprint density at radius 1 is 0.367 bits per heavy atom. The van der Waals surface area contributed by atoms with Crippen LogP contribution in [0.15, 0.2) is 145 Å². The number of carbonyl (C=O) groups is 1. The van der Waals surface area contributed by atoms with Gasteiger partial charge in [-0.1, -0.05) is 114 Å². The first-order valence-corrected chi connectivity index (χ1v) is 22.7. The number of para-hydroxylation sites is 1. The first kappa shape index (κ1) is 59.4. The van der Waals surface area contributed by atoms with E-state index in [9.17, 15) is 110 Å². The smallest absolute Gasteiger partial charge is 0.287 e. The molecule has 0 spiro atoms. The summed E-state index contributed by atoms with van der Waals surface area (Å²) in [7, 11) is 0. The lowest BCUT2D eigenvalue weighted by Crippen LogP contribution is -2.75. The highest BCUT2D eigenvalue weighted by Crippen LogP contribution is 2.41. The van der Waals surface area contributed by atoms with E-state index < -0.39 is 195 Å². The molecule has 0 unspecified atom stereocenters. The van der Waals surface area contributed by atoms with E-state index in [0.29, 0.717) is 6.54 Å². The maximum atomic E-state index is 14.2. The fourth-order valence-corrected chi connectivity index (χ4v) is 9.76. The number of aromatic nitrogens is 1. The summed E-state index contributed by atoms with van der Waals surface area (Å²) in [6.45, 7) is 0.373. The van der Waals surface area contributed by atoms with Gasteiger partial charge >= 0.3 is 49.4 Å². The molecular formula is C51H26BF24NOS. The van der Waals surface area contributed by atoms with Crippen molar-refractivity contribution in [3.63, 3.8) is 0 Å². The minimum Gasteiger partial charge on any atom is -0.287 e. The van der Waals surface area contributed by atoms with Crippen LogP contribution in [-0.2, 0) is 56.0 Å². The Bertz CT molecular complexity index is 3130. The van der Waals surface area contributed by atoms with E-state index in [2.05, 4.69) is 12.1 Å². The average Bonchev–Trinajstić information content (AvgIpc) is 3.89. The number of hydrogen-bond donors (Lipinski definition) is 0. The third-order valence-corrected chi connectivity index (χ3v) is 13.3. The number of hydrogen-bond acceptors (Lipinski definition) is 2. The van der Waals surface area contributed by atoms with Crippen LogP contribution >= 0.6 is 11.3 Å². The molecule has 7 aromatic carbocycles. The Kier molecular flexibility index (Phi) is 15.4. The molecule has 418 valence electrons. The molecule has 0 fully saturated rings. The predicted molar refractivity (Wildman–Crippen MR) is 240 cm³/mol. The third kappa shape index (κ3) is 12.8. The van der Waals surface area contributed by atoms with Crippen molar-refractivity contribution in [2.45, 2.75) is 56.0 Å². The molecule has 0 radical (unpaired) electrons. The summed E-state index contributed by atoms with van der Waals surface area (Å²) in [5.41, 5.74) is -26.3. The molecule has 0 atom stereocenters. The second kappa shape index (κ2) is 20.4. The van der Waals surface area contributed by atoms with Gasteiger partial charge in [-0.3, -0.25) is 4.79 Å².